The molecule has 4 nitrogen and oxygen atoms in total. The summed E-state index contributed by atoms with van der Waals surface area (Å²) in [7, 11) is 0. The first-order valence-corrected chi connectivity index (χ1v) is 8.57. The molecular formula is C19H16Cl2N2O2. The first-order valence-electron chi connectivity index (χ1n) is 7.81. The minimum atomic E-state index is -0.246. The maximum atomic E-state index is 10.1. The maximum absolute atomic E-state index is 10.1. The maximum Gasteiger partial charge on any atom is 0.312 e. The molecule has 0 saturated carbocycles. The Morgan fingerprint density at radius 2 is 1.84 bits per heavy atom. The zero-order chi connectivity index (χ0) is 17.8. The van der Waals surface area contributed by atoms with E-state index in [9.17, 15) is 5.11 Å². The molecule has 2 aromatic carbocycles. The number of aliphatic imine (C=N–C) groups is 1. The molecule has 0 radical (unpaired) electrons. The Labute approximate surface area is 155 Å². The van der Waals surface area contributed by atoms with Crippen LogP contribution in [0.2, 0.25) is 10.0 Å². The highest BCUT2D eigenvalue weighted by molar-refractivity contribution is 6.31. The van der Waals surface area contributed by atoms with Gasteiger partial charge in [0.1, 0.15) is 0 Å². The van der Waals surface area contributed by atoms with Gasteiger partial charge in [0.2, 0.25) is 5.89 Å². The largest absolute Gasteiger partial charge is 0.479 e. The van der Waals surface area contributed by atoms with Gasteiger partial charge < -0.3 is 9.52 Å². The summed E-state index contributed by atoms with van der Waals surface area (Å²) in [4.78, 5) is 8.95. The number of oxazole rings is 1. The average Bonchev–Trinajstić information content (AvgIpc) is 2.99. The number of halogens is 2. The molecule has 0 bridgehead atoms. The van der Waals surface area contributed by atoms with E-state index in [2.05, 4.69) is 9.98 Å². The molecule has 0 fully saturated rings. The van der Waals surface area contributed by atoms with Crippen LogP contribution in [0.5, 0.6) is 5.95 Å². The van der Waals surface area contributed by atoms with Gasteiger partial charge in [-0.05, 0) is 42.3 Å². The second kappa shape index (κ2) is 7.72. The van der Waals surface area contributed by atoms with Gasteiger partial charge in [0.25, 0.3) is 0 Å². The molecule has 0 saturated heterocycles. The summed E-state index contributed by atoms with van der Waals surface area (Å²) in [6.45, 7) is 2.35. The average molecular weight is 375 g/mol. The Bertz CT molecular complexity index is 902. The fourth-order valence-electron chi connectivity index (χ4n) is 2.38. The van der Waals surface area contributed by atoms with Crippen LogP contribution in [-0.4, -0.2) is 15.8 Å². The van der Waals surface area contributed by atoms with Gasteiger partial charge in [-0.2, -0.15) is 0 Å². The molecule has 0 amide bonds. The lowest BCUT2D eigenvalue weighted by Gasteiger charge is -2.03. The van der Waals surface area contributed by atoms with Crippen molar-refractivity contribution < 1.29 is 9.52 Å². The van der Waals surface area contributed by atoms with Crippen molar-refractivity contribution in [1.29, 1.82) is 0 Å². The SMILES string of the molecule is CCC(=NCc1ccccc1Cl)c1nc(-c2ccc(Cl)cc2)oc1O. The minimum absolute atomic E-state index is 0.246. The van der Waals surface area contributed by atoms with Crippen molar-refractivity contribution >= 4 is 28.9 Å². The number of aromatic nitrogens is 1. The van der Waals surface area contributed by atoms with Crippen LogP contribution < -0.4 is 0 Å². The normalized spacial score (nSPS) is 11.7. The molecule has 0 spiro atoms. The summed E-state index contributed by atoms with van der Waals surface area (Å²) in [5.74, 6) is 0.0766. The van der Waals surface area contributed by atoms with E-state index in [1.807, 2.05) is 31.2 Å². The lowest BCUT2D eigenvalue weighted by atomic mass is 10.2. The van der Waals surface area contributed by atoms with E-state index in [1.54, 1.807) is 24.3 Å². The molecule has 0 aliphatic rings. The lowest BCUT2D eigenvalue weighted by Crippen LogP contribution is -2.01. The molecule has 0 aliphatic carbocycles. The Hall–Kier alpha value is -2.30. The zero-order valence-corrected chi connectivity index (χ0v) is 15.1. The molecule has 25 heavy (non-hydrogen) atoms. The van der Waals surface area contributed by atoms with Crippen LogP contribution in [0.25, 0.3) is 11.5 Å². The van der Waals surface area contributed by atoms with Gasteiger partial charge in [0.15, 0.2) is 5.69 Å². The number of hydrogen-bond donors (Lipinski definition) is 1. The number of nitrogens with zero attached hydrogens (tertiary/aromatic N) is 2. The molecule has 0 aliphatic heterocycles. The van der Waals surface area contributed by atoms with Crippen molar-refractivity contribution in [2.75, 3.05) is 0 Å². The molecule has 1 heterocycles. The molecular weight excluding hydrogens is 359 g/mol. The minimum Gasteiger partial charge on any atom is -0.479 e. The lowest BCUT2D eigenvalue weighted by molar-refractivity contribution is 0.336. The van der Waals surface area contributed by atoms with Crippen LogP contribution in [-0.2, 0) is 6.54 Å². The van der Waals surface area contributed by atoms with Crippen molar-refractivity contribution in [1.82, 2.24) is 4.98 Å². The van der Waals surface area contributed by atoms with E-state index < -0.39 is 0 Å². The molecule has 3 aromatic rings. The van der Waals surface area contributed by atoms with E-state index >= 15 is 0 Å². The van der Waals surface area contributed by atoms with Crippen molar-refractivity contribution in [3.05, 3.63) is 69.8 Å². The standard InChI is InChI=1S/C19H16Cl2N2O2/c1-2-16(22-11-13-5-3-4-6-15(13)21)17-19(24)25-18(23-17)12-7-9-14(20)10-8-12/h3-10,24H,2,11H2,1H3. The van der Waals surface area contributed by atoms with Gasteiger partial charge in [-0.25, -0.2) is 4.98 Å². The molecule has 128 valence electrons. The van der Waals surface area contributed by atoms with Crippen molar-refractivity contribution in [3.8, 4) is 17.4 Å². The van der Waals surface area contributed by atoms with Crippen LogP contribution in [0, 0.1) is 0 Å². The van der Waals surface area contributed by atoms with E-state index in [-0.39, 0.29) is 5.95 Å². The third-order valence-corrected chi connectivity index (χ3v) is 4.33. The third-order valence-electron chi connectivity index (χ3n) is 3.71. The third kappa shape index (κ3) is 4.03. The highest BCUT2D eigenvalue weighted by atomic mass is 35.5. The highest BCUT2D eigenvalue weighted by Gasteiger charge is 2.18. The van der Waals surface area contributed by atoms with Gasteiger partial charge in [0, 0.05) is 15.6 Å². The molecule has 3 rings (SSSR count). The van der Waals surface area contributed by atoms with Gasteiger partial charge in [-0.15, -0.1) is 0 Å². The van der Waals surface area contributed by atoms with E-state index in [0.29, 0.717) is 40.3 Å². The van der Waals surface area contributed by atoms with E-state index in [0.717, 1.165) is 11.1 Å². The number of hydrogen-bond acceptors (Lipinski definition) is 4. The quantitative estimate of drug-likeness (QED) is 0.578. The Morgan fingerprint density at radius 1 is 1.12 bits per heavy atom. The summed E-state index contributed by atoms with van der Waals surface area (Å²) in [5.41, 5.74) is 2.64. The summed E-state index contributed by atoms with van der Waals surface area (Å²) in [6.07, 6.45) is 0.602. The highest BCUT2D eigenvalue weighted by Crippen LogP contribution is 2.28. The molecule has 6 heteroatoms. The molecule has 1 N–H and O–H groups in total. The number of rotatable bonds is 5. The van der Waals surface area contributed by atoms with Crippen LogP contribution in [0.4, 0.5) is 0 Å². The van der Waals surface area contributed by atoms with E-state index in [4.69, 9.17) is 27.6 Å². The predicted molar refractivity (Wildman–Crippen MR) is 101 cm³/mol. The monoisotopic (exact) mass is 374 g/mol. The Morgan fingerprint density at radius 3 is 2.52 bits per heavy atom. The van der Waals surface area contributed by atoms with Gasteiger partial charge >= 0.3 is 5.95 Å². The van der Waals surface area contributed by atoms with Crippen LogP contribution in [0.1, 0.15) is 24.6 Å². The molecule has 1 aromatic heterocycles. The van der Waals surface area contributed by atoms with Gasteiger partial charge in [-0.3, -0.25) is 4.99 Å². The van der Waals surface area contributed by atoms with Crippen LogP contribution in [0.15, 0.2) is 57.9 Å². The van der Waals surface area contributed by atoms with Gasteiger partial charge in [-0.1, -0.05) is 48.3 Å². The van der Waals surface area contributed by atoms with Crippen molar-refractivity contribution in [2.45, 2.75) is 19.9 Å². The Kier molecular flexibility index (Phi) is 5.41. The summed E-state index contributed by atoms with van der Waals surface area (Å²) < 4.78 is 5.39. The second-order valence-electron chi connectivity index (χ2n) is 5.39. The summed E-state index contributed by atoms with van der Waals surface area (Å²) in [6, 6.07) is 14.6. The van der Waals surface area contributed by atoms with Crippen LogP contribution >= 0.6 is 23.2 Å². The first kappa shape index (κ1) is 17.5. The fourth-order valence-corrected chi connectivity index (χ4v) is 2.70. The predicted octanol–water partition coefficient (Wildman–Crippen LogP) is 5.75. The fraction of sp³-hybridized carbons (Fsp3) is 0.158. The topological polar surface area (TPSA) is 58.6 Å². The van der Waals surface area contributed by atoms with E-state index in [1.165, 1.54) is 0 Å². The first-order chi connectivity index (χ1) is 12.1. The smallest absolute Gasteiger partial charge is 0.312 e. The van der Waals surface area contributed by atoms with Crippen molar-refractivity contribution in [2.24, 2.45) is 4.99 Å². The van der Waals surface area contributed by atoms with Gasteiger partial charge in [0.05, 0.1) is 12.3 Å². The molecule has 0 atom stereocenters. The summed E-state index contributed by atoms with van der Waals surface area (Å²) >= 11 is 12.1. The molecule has 0 unspecified atom stereocenters. The number of aromatic hydroxyl groups is 1. The Balaban J connectivity index is 1.89. The zero-order valence-electron chi connectivity index (χ0n) is 13.5. The number of benzene rings is 2. The second-order valence-corrected chi connectivity index (χ2v) is 6.23. The summed E-state index contributed by atoms with van der Waals surface area (Å²) in [5, 5.41) is 11.4. The van der Waals surface area contributed by atoms with Crippen LogP contribution in [0.3, 0.4) is 0 Å². The van der Waals surface area contributed by atoms with Crippen molar-refractivity contribution in [3.63, 3.8) is 0 Å².